The van der Waals surface area contributed by atoms with Crippen molar-refractivity contribution in [2.24, 2.45) is 0 Å². The highest BCUT2D eigenvalue weighted by Gasteiger charge is 2.07. The third-order valence-electron chi connectivity index (χ3n) is 2.69. The number of nitrogens with zero attached hydrogens (tertiary/aromatic N) is 1. The highest BCUT2D eigenvalue weighted by Crippen LogP contribution is 2.30. The maximum Gasteiger partial charge on any atom is 0.240 e. The number of benzene rings is 1. The van der Waals surface area contributed by atoms with Gasteiger partial charge in [0, 0.05) is 11.1 Å². The Balaban J connectivity index is 2.31. The van der Waals surface area contributed by atoms with Gasteiger partial charge in [0.25, 0.3) is 0 Å². The summed E-state index contributed by atoms with van der Waals surface area (Å²) in [4.78, 5) is 4.17. The van der Waals surface area contributed by atoms with Gasteiger partial charge in [-0.1, -0.05) is 11.6 Å². The first-order valence-corrected chi connectivity index (χ1v) is 6.14. The molecule has 0 aliphatic rings. The highest BCUT2D eigenvalue weighted by molar-refractivity contribution is 6.32. The molecule has 0 saturated carbocycles. The molecule has 2 aromatic rings. The van der Waals surface area contributed by atoms with Gasteiger partial charge in [0.1, 0.15) is 5.75 Å². The van der Waals surface area contributed by atoms with Gasteiger partial charge in [-0.15, -0.1) is 0 Å². The molecule has 100 valence electrons. The first kappa shape index (κ1) is 13.5. The van der Waals surface area contributed by atoms with Crippen LogP contribution in [-0.2, 0) is 0 Å². The van der Waals surface area contributed by atoms with Crippen molar-refractivity contribution >= 4 is 17.3 Å². The summed E-state index contributed by atoms with van der Waals surface area (Å²) in [5.41, 5.74) is 8.09. The molecule has 0 amide bonds. The molecule has 0 bridgehead atoms. The van der Waals surface area contributed by atoms with Crippen LogP contribution in [0.3, 0.4) is 0 Å². The quantitative estimate of drug-likeness (QED) is 0.929. The Bertz CT molecular complexity index is 591. The molecule has 0 fully saturated rings. The van der Waals surface area contributed by atoms with Crippen LogP contribution in [0.4, 0.5) is 5.69 Å². The summed E-state index contributed by atoms with van der Waals surface area (Å²) in [6, 6.07) is 7.10. The van der Waals surface area contributed by atoms with E-state index in [1.165, 1.54) is 7.11 Å². The molecule has 0 spiro atoms. The number of nitrogens with two attached hydrogens (primary N) is 1. The van der Waals surface area contributed by atoms with E-state index in [9.17, 15) is 0 Å². The standard InChI is InChI=1S/C14H15ClN2O2/c1-8-6-10(7-9(2)13(8)15)19-12-5-4-11(16)14(17-12)18-3/h4-7H,16H2,1-3H3. The molecule has 5 heteroatoms. The SMILES string of the molecule is COc1nc(Oc2cc(C)c(Cl)c(C)c2)ccc1N. The van der Waals surface area contributed by atoms with Crippen LogP contribution in [0.5, 0.6) is 17.5 Å². The number of pyridine rings is 1. The Morgan fingerprint density at radius 2 is 1.79 bits per heavy atom. The Morgan fingerprint density at radius 3 is 2.37 bits per heavy atom. The molecule has 0 radical (unpaired) electrons. The van der Waals surface area contributed by atoms with Crippen molar-refractivity contribution in [3.8, 4) is 17.5 Å². The number of aromatic nitrogens is 1. The van der Waals surface area contributed by atoms with Crippen molar-refractivity contribution in [1.82, 2.24) is 4.98 Å². The number of anilines is 1. The van der Waals surface area contributed by atoms with Crippen LogP contribution in [0.15, 0.2) is 24.3 Å². The van der Waals surface area contributed by atoms with E-state index in [-0.39, 0.29) is 0 Å². The summed E-state index contributed by atoms with van der Waals surface area (Å²) in [6.45, 7) is 3.86. The van der Waals surface area contributed by atoms with Crippen molar-refractivity contribution in [2.75, 3.05) is 12.8 Å². The molecule has 1 aromatic heterocycles. The van der Waals surface area contributed by atoms with E-state index in [0.717, 1.165) is 16.1 Å². The molecule has 19 heavy (non-hydrogen) atoms. The van der Waals surface area contributed by atoms with E-state index in [4.69, 9.17) is 26.8 Å². The molecule has 0 aliphatic carbocycles. The average Bonchev–Trinajstić information content (AvgIpc) is 2.38. The molecule has 0 atom stereocenters. The maximum absolute atomic E-state index is 6.11. The van der Waals surface area contributed by atoms with Crippen molar-refractivity contribution < 1.29 is 9.47 Å². The van der Waals surface area contributed by atoms with Crippen LogP contribution < -0.4 is 15.2 Å². The van der Waals surface area contributed by atoms with Gasteiger partial charge < -0.3 is 15.2 Å². The Labute approximate surface area is 117 Å². The lowest BCUT2D eigenvalue weighted by atomic mass is 10.1. The molecule has 4 nitrogen and oxygen atoms in total. The minimum Gasteiger partial charge on any atom is -0.479 e. The summed E-state index contributed by atoms with van der Waals surface area (Å²) in [5.74, 6) is 1.45. The number of halogens is 1. The van der Waals surface area contributed by atoms with Gasteiger partial charge in [0.2, 0.25) is 11.8 Å². The lowest BCUT2D eigenvalue weighted by Gasteiger charge is -2.10. The van der Waals surface area contributed by atoms with E-state index in [1.54, 1.807) is 12.1 Å². The Kier molecular flexibility index (Phi) is 3.81. The number of aryl methyl sites for hydroxylation is 2. The van der Waals surface area contributed by atoms with E-state index in [0.29, 0.717) is 23.2 Å². The second kappa shape index (κ2) is 5.36. The maximum atomic E-state index is 6.11. The van der Waals surface area contributed by atoms with Crippen molar-refractivity contribution in [2.45, 2.75) is 13.8 Å². The van der Waals surface area contributed by atoms with Crippen molar-refractivity contribution in [3.63, 3.8) is 0 Å². The normalized spacial score (nSPS) is 10.3. The number of rotatable bonds is 3. The smallest absolute Gasteiger partial charge is 0.240 e. The molecular formula is C14H15ClN2O2. The molecule has 0 aliphatic heterocycles. The minimum atomic E-state index is 0.347. The van der Waals surface area contributed by atoms with Crippen LogP contribution in [0.25, 0.3) is 0 Å². The number of hydrogen-bond acceptors (Lipinski definition) is 4. The van der Waals surface area contributed by atoms with E-state index in [1.807, 2.05) is 26.0 Å². The lowest BCUT2D eigenvalue weighted by molar-refractivity contribution is 0.385. The zero-order chi connectivity index (χ0) is 14.0. The van der Waals surface area contributed by atoms with E-state index in [2.05, 4.69) is 4.98 Å². The summed E-state index contributed by atoms with van der Waals surface area (Å²) in [6.07, 6.45) is 0. The van der Waals surface area contributed by atoms with Crippen LogP contribution in [-0.4, -0.2) is 12.1 Å². The molecule has 2 rings (SSSR count). The fourth-order valence-corrected chi connectivity index (χ4v) is 1.85. The molecule has 0 saturated heterocycles. The number of nitrogen functional groups attached to an aromatic ring is 1. The topological polar surface area (TPSA) is 57.4 Å². The fourth-order valence-electron chi connectivity index (χ4n) is 1.74. The van der Waals surface area contributed by atoms with Crippen LogP contribution in [0.1, 0.15) is 11.1 Å². The van der Waals surface area contributed by atoms with E-state index >= 15 is 0 Å². The number of ether oxygens (including phenoxy) is 2. The minimum absolute atomic E-state index is 0.347. The summed E-state index contributed by atoms with van der Waals surface area (Å²) in [7, 11) is 1.51. The predicted octanol–water partition coefficient (Wildman–Crippen LogP) is 3.73. The van der Waals surface area contributed by atoms with Gasteiger partial charge in [-0.3, -0.25) is 0 Å². The molecule has 1 aromatic carbocycles. The third kappa shape index (κ3) is 2.90. The zero-order valence-electron chi connectivity index (χ0n) is 11.0. The third-order valence-corrected chi connectivity index (χ3v) is 3.29. The summed E-state index contributed by atoms with van der Waals surface area (Å²) >= 11 is 6.11. The van der Waals surface area contributed by atoms with Gasteiger partial charge in [-0.05, 0) is 43.2 Å². The fraction of sp³-hybridized carbons (Fsp3) is 0.214. The number of methoxy groups -OCH3 is 1. The largest absolute Gasteiger partial charge is 0.479 e. The number of hydrogen-bond donors (Lipinski definition) is 1. The highest BCUT2D eigenvalue weighted by atomic mass is 35.5. The van der Waals surface area contributed by atoms with Gasteiger partial charge in [-0.25, -0.2) is 0 Å². The van der Waals surface area contributed by atoms with Gasteiger partial charge in [0.15, 0.2) is 0 Å². The summed E-state index contributed by atoms with van der Waals surface area (Å²) in [5, 5.41) is 0.746. The van der Waals surface area contributed by atoms with Crippen molar-refractivity contribution in [1.29, 1.82) is 0 Å². The van der Waals surface area contributed by atoms with Crippen LogP contribution in [0, 0.1) is 13.8 Å². The monoisotopic (exact) mass is 278 g/mol. The second-order valence-corrected chi connectivity index (χ2v) is 4.60. The molecule has 1 heterocycles. The molecule has 2 N–H and O–H groups in total. The molecule has 0 unspecified atom stereocenters. The first-order valence-electron chi connectivity index (χ1n) is 5.76. The predicted molar refractivity (Wildman–Crippen MR) is 76.2 cm³/mol. The Morgan fingerprint density at radius 1 is 1.16 bits per heavy atom. The lowest BCUT2D eigenvalue weighted by Crippen LogP contribution is -1.97. The van der Waals surface area contributed by atoms with Gasteiger partial charge >= 0.3 is 0 Å². The van der Waals surface area contributed by atoms with Crippen LogP contribution in [0.2, 0.25) is 5.02 Å². The molecular weight excluding hydrogens is 264 g/mol. The van der Waals surface area contributed by atoms with Gasteiger partial charge in [-0.2, -0.15) is 4.98 Å². The van der Waals surface area contributed by atoms with Crippen molar-refractivity contribution in [3.05, 3.63) is 40.4 Å². The van der Waals surface area contributed by atoms with E-state index < -0.39 is 0 Å². The average molecular weight is 279 g/mol. The first-order chi connectivity index (χ1) is 9.01. The summed E-state index contributed by atoms with van der Waals surface area (Å²) < 4.78 is 10.7. The van der Waals surface area contributed by atoms with Crippen LogP contribution >= 0.6 is 11.6 Å². The zero-order valence-corrected chi connectivity index (χ0v) is 11.8. The Hall–Kier alpha value is -1.94. The van der Waals surface area contributed by atoms with Gasteiger partial charge in [0.05, 0.1) is 12.8 Å². The second-order valence-electron chi connectivity index (χ2n) is 4.22.